The summed E-state index contributed by atoms with van der Waals surface area (Å²) in [4.78, 5) is 23.7. The molecular formula is C16H23BrClN3O2. The standard InChI is InChI=1S/C16H22BrN3O2.ClH/c17-13-6-4-11(5-7-13)16(22)20-9-8-19-15(21)10-12-2-1-3-14(12)18;/h4-7,12,14H,1-3,8-10,18H2,(H,19,21)(H,20,22);1H/t12-,14+;/m0./s1. The summed E-state index contributed by atoms with van der Waals surface area (Å²) in [6, 6.07) is 7.30. The number of amides is 2. The second-order valence-electron chi connectivity index (χ2n) is 5.67. The molecule has 1 aliphatic carbocycles. The van der Waals surface area contributed by atoms with Crippen molar-refractivity contribution in [3.05, 3.63) is 34.3 Å². The Morgan fingerprint density at radius 2 is 1.78 bits per heavy atom. The molecule has 1 fully saturated rings. The van der Waals surface area contributed by atoms with E-state index in [-0.39, 0.29) is 30.3 Å². The normalized spacial score (nSPS) is 19.7. The minimum atomic E-state index is -0.139. The van der Waals surface area contributed by atoms with Gasteiger partial charge in [-0.15, -0.1) is 12.4 Å². The van der Waals surface area contributed by atoms with Crippen LogP contribution in [0.4, 0.5) is 0 Å². The number of benzene rings is 1. The molecule has 0 saturated heterocycles. The summed E-state index contributed by atoms with van der Waals surface area (Å²) in [5.41, 5.74) is 6.56. The van der Waals surface area contributed by atoms with E-state index in [1.165, 1.54) is 0 Å². The molecule has 0 heterocycles. The Bertz CT molecular complexity index is 525. The zero-order valence-corrected chi connectivity index (χ0v) is 15.3. The fourth-order valence-electron chi connectivity index (χ4n) is 2.71. The zero-order valence-electron chi connectivity index (χ0n) is 12.9. The molecule has 128 valence electrons. The van der Waals surface area contributed by atoms with Crippen LogP contribution >= 0.6 is 28.3 Å². The van der Waals surface area contributed by atoms with Gasteiger partial charge in [-0.3, -0.25) is 9.59 Å². The lowest BCUT2D eigenvalue weighted by atomic mass is 10.00. The number of rotatable bonds is 6. The SMILES string of the molecule is Cl.N[C@@H]1CCC[C@H]1CC(=O)NCCNC(=O)c1ccc(Br)cc1. The van der Waals surface area contributed by atoms with Crippen LogP contribution in [-0.4, -0.2) is 30.9 Å². The van der Waals surface area contributed by atoms with Crippen molar-refractivity contribution in [2.75, 3.05) is 13.1 Å². The summed E-state index contributed by atoms with van der Waals surface area (Å²) >= 11 is 3.33. The molecule has 0 spiro atoms. The fourth-order valence-corrected chi connectivity index (χ4v) is 2.97. The van der Waals surface area contributed by atoms with E-state index in [9.17, 15) is 9.59 Å². The Morgan fingerprint density at radius 1 is 1.13 bits per heavy atom. The van der Waals surface area contributed by atoms with Gasteiger partial charge in [-0.05, 0) is 43.0 Å². The van der Waals surface area contributed by atoms with Gasteiger partial charge in [0.1, 0.15) is 0 Å². The average Bonchev–Trinajstić information content (AvgIpc) is 2.89. The van der Waals surface area contributed by atoms with Crippen LogP contribution in [0.1, 0.15) is 36.0 Å². The van der Waals surface area contributed by atoms with E-state index in [0.29, 0.717) is 31.0 Å². The summed E-state index contributed by atoms with van der Waals surface area (Å²) in [6.07, 6.45) is 3.65. The maximum absolute atomic E-state index is 11.9. The van der Waals surface area contributed by atoms with Gasteiger partial charge in [0.2, 0.25) is 5.91 Å². The number of hydrogen-bond donors (Lipinski definition) is 3. The van der Waals surface area contributed by atoms with Gasteiger partial charge in [0.15, 0.2) is 0 Å². The predicted octanol–water partition coefficient (Wildman–Crippen LogP) is 2.23. The van der Waals surface area contributed by atoms with Gasteiger partial charge < -0.3 is 16.4 Å². The van der Waals surface area contributed by atoms with Gasteiger partial charge in [0.05, 0.1) is 0 Å². The minimum absolute atomic E-state index is 0. The van der Waals surface area contributed by atoms with Crippen LogP contribution < -0.4 is 16.4 Å². The quantitative estimate of drug-likeness (QED) is 0.636. The van der Waals surface area contributed by atoms with Crippen molar-refractivity contribution in [2.24, 2.45) is 11.7 Å². The Balaban J connectivity index is 0.00000264. The van der Waals surface area contributed by atoms with E-state index in [0.717, 1.165) is 23.7 Å². The number of carbonyl (C=O) groups excluding carboxylic acids is 2. The molecule has 1 aliphatic rings. The second kappa shape index (κ2) is 9.90. The molecule has 4 N–H and O–H groups in total. The van der Waals surface area contributed by atoms with Crippen molar-refractivity contribution < 1.29 is 9.59 Å². The third kappa shape index (κ3) is 6.49. The molecule has 0 aromatic heterocycles. The molecule has 0 radical (unpaired) electrons. The molecular weight excluding hydrogens is 382 g/mol. The Morgan fingerprint density at radius 3 is 2.39 bits per heavy atom. The highest BCUT2D eigenvalue weighted by Gasteiger charge is 2.25. The molecule has 5 nitrogen and oxygen atoms in total. The smallest absolute Gasteiger partial charge is 0.251 e. The molecule has 0 unspecified atom stereocenters. The largest absolute Gasteiger partial charge is 0.354 e. The van der Waals surface area contributed by atoms with E-state index < -0.39 is 0 Å². The molecule has 2 amide bonds. The molecule has 23 heavy (non-hydrogen) atoms. The first-order valence-electron chi connectivity index (χ1n) is 7.62. The van der Waals surface area contributed by atoms with Crippen LogP contribution in [0.5, 0.6) is 0 Å². The lowest BCUT2D eigenvalue weighted by Crippen LogP contribution is -2.36. The van der Waals surface area contributed by atoms with Gasteiger partial charge >= 0.3 is 0 Å². The molecule has 2 rings (SSSR count). The molecule has 0 bridgehead atoms. The number of carbonyl (C=O) groups is 2. The zero-order chi connectivity index (χ0) is 15.9. The van der Waals surface area contributed by atoms with Crippen LogP contribution in [0.15, 0.2) is 28.7 Å². The summed E-state index contributed by atoms with van der Waals surface area (Å²) < 4.78 is 0.932. The summed E-state index contributed by atoms with van der Waals surface area (Å²) in [7, 11) is 0. The van der Waals surface area contributed by atoms with Crippen LogP contribution in [0.3, 0.4) is 0 Å². The number of hydrogen-bond acceptors (Lipinski definition) is 3. The predicted molar refractivity (Wildman–Crippen MR) is 96.7 cm³/mol. The van der Waals surface area contributed by atoms with Crippen molar-refractivity contribution >= 4 is 40.2 Å². The van der Waals surface area contributed by atoms with Gasteiger partial charge in [-0.2, -0.15) is 0 Å². The highest BCUT2D eigenvalue weighted by molar-refractivity contribution is 9.10. The van der Waals surface area contributed by atoms with Crippen LogP contribution in [0.25, 0.3) is 0 Å². The van der Waals surface area contributed by atoms with Crippen molar-refractivity contribution in [1.29, 1.82) is 0 Å². The highest BCUT2D eigenvalue weighted by atomic mass is 79.9. The van der Waals surface area contributed by atoms with E-state index in [1.54, 1.807) is 12.1 Å². The molecule has 2 atom stereocenters. The lowest BCUT2D eigenvalue weighted by Gasteiger charge is -2.14. The first-order valence-corrected chi connectivity index (χ1v) is 8.41. The molecule has 1 aromatic rings. The van der Waals surface area contributed by atoms with E-state index in [2.05, 4.69) is 26.6 Å². The van der Waals surface area contributed by atoms with E-state index >= 15 is 0 Å². The Labute approximate surface area is 151 Å². The van der Waals surface area contributed by atoms with Gasteiger partial charge in [-0.1, -0.05) is 22.4 Å². The lowest BCUT2D eigenvalue weighted by molar-refractivity contribution is -0.122. The fraction of sp³-hybridized carbons (Fsp3) is 0.500. The average molecular weight is 405 g/mol. The molecule has 7 heteroatoms. The maximum Gasteiger partial charge on any atom is 0.251 e. The topological polar surface area (TPSA) is 84.2 Å². The van der Waals surface area contributed by atoms with Gasteiger partial charge in [0, 0.05) is 35.6 Å². The van der Waals surface area contributed by atoms with E-state index in [4.69, 9.17) is 5.73 Å². The van der Waals surface area contributed by atoms with Crippen molar-refractivity contribution in [3.63, 3.8) is 0 Å². The van der Waals surface area contributed by atoms with Crippen LogP contribution in [0.2, 0.25) is 0 Å². The van der Waals surface area contributed by atoms with Crippen molar-refractivity contribution in [2.45, 2.75) is 31.7 Å². The summed E-state index contributed by atoms with van der Waals surface area (Å²) in [5.74, 6) is 0.178. The van der Waals surface area contributed by atoms with Crippen molar-refractivity contribution in [3.8, 4) is 0 Å². The Hall–Kier alpha value is -1.11. The first kappa shape index (κ1) is 19.9. The maximum atomic E-state index is 11.9. The van der Waals surface area contributed by atoms with Crippen LogP contribution in [0, 0.1) is 5.92 Å². The number of halogens is 2. The first-order chi connectivity index (χ1) is 10.6. The van der Waals surface area contributed by atoms with E-state index in [1.807, 2.05) is 12.1 Å². The van der Waals surface area contributed by atoms with Crippen LogP contribution in [-0.2, 0) is 4.79 Å². The molecule has 1 saturated carbocycles. The monoisotopic (exact) mass is 403 g/mol. The summed E-state index contributed by atoms with van der Waals surface area (Å²) in [6.45, 7) is 0.848. The minimum Gasteiger partial charge on any atom is -0.354 e. The summed E-state index contributed by atoms with van der Waals surface area (Å²) in [5, 5.41) is 5.61. The molecule has 1 aromatic carbocycles. The third-order valence-corrected chi connectivity index (χ3v) is 4.53. The third-order valence-electron chi connectivity index (χ3n) is 4.00. The van der Waals surface area contributed by atoms with Gasteiger partial charge in [0.25, 0.3) is 5.91 Å². The highest BCUT2D eigenvalue weighted by Crippen LogP contribution is 2.26. The number of nitrogens with two attached hydrogens (primary N) is 1. The second-order valence-corrected chi connectivity index (χ2v) is 6.59. The number of nitrogens with one attached hydrogen (secondary N) is 2. The van der Waals surface area contributed by atoms with Gasteiger partial charge in [-0.25, -0.2) is 0 Å². The molecule has 0 aliphatic heterocycles. The van der Waals surface area contributed by atoms with Crippen molar-refractivity contribution in [1.82, 2.24) is 10.6 Å². The Kier molecular flexibility index (Phi) is 8.58.